The first-order valence-electron chi connectivity index (χ1n) is 9.05. The van der Waals surface area contributed by atoms with Gasteiger partial charge in [-0.3, -0.25) is 4.68 Å². The van der Waals surface area contributed by atoms with Gasteiger partial charge in [0.1, 0.15) is 0 Å². The summed E-state index contributed by atoms with van der Waals surface area (Å²) < 4.78 is 1.99. The van der Waals surface area contributed by atoms with E-state index >= 15 is 0 Å². The minimum absolute atomic E-state index is 0.0569. The zero-order chi connectivity index (χ0) is 16.7. The molecule has 3 unspecified atom stereocenters. The van der Waals surface area contributed by atoms with Gasteiger partial charge in [-0.05, 0) is 59.8 Å². The van der Waals surface area contributed by atoms with E-state index < -0.39 is 0 Å². The van der Waals surface area contributed by atoms with Crippen LogP contribution in [0.15, 0.2) is 0 Å². The number of aromatic nitrogens is 2. The molecule has 5 nitrogen and oxygen atoms in total. The van der Waals surface area contributed by atoms with E-state index in [1.54, 1.807) is 0 Å². The molecule has 1 aliphatic carbocycles. The normalized spacial score (nSPS) is 27.4. The first kappa shape index (κ1) is 16.3. The Kier molecular flexibility index (Phi) is 4.39. The SMILES string of the molecule is Cc1nn(C(C)C)c(C)c1NC(=O)N1C(C)CC2CCCCC21. The fraction of sp³-hybridized carbons (Fsp3) is 0.778. The van der Waals surface area contributed by atoms with Crippen LogP contribution in [0.1, 0.15) is 70.3 Å². The van der Waals surface area contributed by atoms with E-state index in [4.69, 9.17) is 0 Å². The number of nitrogens with one attached hydrogen (secondary N) is 1. The van der Waals surface area contributed by atoms with E-state index in [0.29, 0.717) is 24.0 Å². The van der Waals surface area contributed by atoms with Gasteiger partial charge in [-0.15, -0.1) is 0 Å². The molecule has 0 radical (unpaired) electrons. The average Bonchev–Trinajstić information content (AvgIpc) is 2.97. The first-order valence-corrected chi connectivity index (χ1v) is 9.05. The molecule has 2 aliphatic rings. The predicted molar refractivity (Wildman–Crippen MR) is 92.8 cm³/mol. The number of urea groups is 1. The number of likely N-dealkylation sites (tertiary alicyclic amines) is 1. The van der Waals surface area contributed by atoms with Crippen molar-refractivity contribution in [3.05, 3.63) is 11.4 Å². The van der Waals surface area contributed by atoms with E-state index in [9.17, 15) is 4.79 Å². The maximum Gasteiger partial charge on any atom is 0.322 e. The van der Waals surface area contributed by atoms with Crippen LogP contribution in [0, 0.1) is 19.8 Å². The van der Waals surface area contributed by atoms with Crippen molar-refractivity contribution in [3.63, 3.8) is 0 Å². The maximum atomic E-state index is 12.9. The molecule has 5 heteroatoms. The molecule has 23 heavy (non-hydrogen) atoms. The Morgan fingerprint density at radius 2 is 1.96 bits per heavy atom. The van der Waals surface area contributed by atoms with Crippen LogP contribution in [0.2, 0.25) is 0 Å². The highest BCUT2D eigenvalue weighted by Crippen LogP contribution is 2.40. The molecular formula is C18H30N4O. The number of carbonyl (C=O) groups excluding carboxylic acids is 1. The largest absolute Gasteiger partial charge is 0.322 e. The summed E-state index contributed by atoms with van der Waals surface area (Å²) in [4.78, 5) is 15.0. The summed E-state index contributed by atoms with van der Waals surface area (Å²) in [5.41, 5.74) is 2.82. The number of amides is 2. The van der Waals surface area contributed by atoms with E-state index in [0.717, 1.165) is 29.9 Å². The number of rotatable bonds is 2. The zero-order valence-electron chi connectivity index (χ0n) is 15.1. The van der Waals surface area contributed by atoms with Gasteiger partial charge < -0.3 is 10.2 Å². The zero-order valence-corrected chi connectivity index (χ0v) is 15.1. The monoisotopic (exact) mass is 318 g/mol. The number of aryl methyl sites for hydroxylation is 1. The predicted octanol–water partition coefficient (Wildman–Crippen LogP) is 4.27. The number of fused-ring (bicyclic) bond motifs is 1. The molecule has 1 aliphatic heterocycles. The number of nitrogens with zero attached hydrogens (tertiary/aromatic N) is 3. The number of hydrogen-bond acceptors (Lipinski definition) is 2. The van der Waals surface area contributed by atoms with Crippen molar-refractivity contribution in [3.8, 4) is 0 Å². The third-order valence-corrected chi connectivity index (χ3v) is 5.63. The number of anilines is 1. The Bertz CT molecular complexity index is 592. The van der Waals surface area contributed by atoms with Crippen LogP contribution in [-0.2, 0) is 0 Å². The quantitative estimate of drug-likeness (QED) is 0.885. The van der Waals surface area contributed by atoms with Crippen LogP contribution in [0.3, 0.4) is 0 Å². The van der Waals surface area contributed by atoms with Gasteiger partial charge in [0.05, 0.1) is 17.1 Å². The van der Waals surface area contributed by atoms with Gasteiger partial charge in [0, 0.05) is 18.1 Å². The van der Waals surface area contributed by atoms with Gasteiger partial charge >= 0.3 is 6.03 Å². The van der Waals surface area contributed by atoms with Crippen LogP contribution in [-0.4, -0.2) is 32.8 Å². The maximum absolute atomic E-state index is 12.9. The van der Waals surface area contributed by atoms with Crippen LogP contribution >= 0.6 is 0 Å². The highest BCUT2D eigenvalue weighted by molar-refractivity contribution is 5.91. The Morgan fingerprint density at radius 3 is 2.61 bits per heavy atom. The summed E-state index contributed by atoms with van der Waals surface area (Å²) in [5.74, 6) is 0.699. The summed E-state index contributed by atoms with van der Waals surface area (Å²) >= 11 is 0. The van der Waals surface area contributed by atoms with Crippen molar-refractivity contribution in [1.29, 1.82) is 0 Å². The van der Waals surface area contributed by atoms with E-state index in [1.165, 1.54) is 19.3 Å². The number of carbonyl (C=O) groups is 1. The van der Waals surface area contributed by atoms with Crippen LogP contribution in [0.4, 0.5) is 10.5 Å². The van der Waals surface area contributed by atoms with E-state index in [1.807, 2.05) is 18.5 Å². The molecule has 1 N–H and O–H groups in total. The van der Waals surface area contributed by atoms with Crippen molar-refractivity contribution in [2.24, 2.45) is 5.92 Å². The fourth-order valence-corrected chi connectivity index (χ4v) is 4.58. The van der Waals surface area contributed by atoms with Crippen molar-refractivity contribution in [2.45, 2.75) is 84.8 Å². The molecule has 128 valence electrons. The second-order valence-corrected chi connectivity index (χ2v) is 7.62. The van der Waals surface area contributed by atoms with Crippen molar-refractivity contribution < 1.29 is 4.79 Å². The van der Waals surface area contributed by atoms with Crippen LogP contribution < -0.4 is 5.32 Å². The standard InChI is InChI=1S/C18H30N4O/c1-11(2)22-14(5)17(13(4)20-22)19-18(23)21-12(3)10-15-8-6-7-9-16(15)21/h11-12,15-16H,6-10H2,1-5H3,(H,19,23). The van der Waals surface area contributed by atoms with Gasteiger partial charge in [-0.2, -0.15) is 5.10 Å². The lowest BCUT2D eigenvalue weighted by Crippen LogP contribution is -2.44. The smallest absolute Gasteiger partial charge is 0.319 e. The molecule has 1 saturated carbocycles. The first-order chi connectivity index (χ1) is 10.9. The van der Waals surface area contributed by atoms with E-state index in [-0.39, 0.29) is 6.03 Å². The molecule has 2 fully saturated rings. The number of hydrogen-bond donors (Lipinski definition) is 1. The second-order valence-electron chi connectivity index (χ2n) is 7.62. The summed E-state index contributed by atoms with van der Waals surface area (Å²) in [6, 6.07) is 1.12. The molecule has 1 aromatic heterocycles. The summed E-state index contributed by atoms with van der Waals surface area (Å²) in [7, 11) is 0. The molecule has 3 rings (SSSR count). The topological polar surface area (TPSA) is 50.2 Å². The molecule has 0 aromatic carbocycles. The summed E-state index contributed by atoms with van der Waals surface area (Å²) in [6.07, 6.45) is 6.17. The molecule has 3 atom stereocenters. The summed E-state index contributed by atoms with van der Waals surface area (Å²) in [5, 5.41) is 7.74. The Hall–Kier alpha value is -1.52. The van der Waals surface area contributed by atoms with Gasteiger partial charge in [0.2, 0.25) is 0 Å². The lowest BCUT2D eigenvalue weighted by Gasteiger charge is -2.33. The van der Waals surface area contributed by atoms with Crippen LogP contribution in [0.25, 0.3) is 0 Å². The van der Waals surface area contributed by atoms with E-state index in [2.05, 4.69) is 36.1 Å². The Balaban J connectivity index is 1.79. The molecule has 2 heterocycles. The molecule has 0 bridgehead atoms. The van der Waals surface area contributed by atoms with Gasteiger partial charge in [-0.25, -0.2) is 4.79 Å². The van der Waals surface area contributed by atoms with Gasteiger partial charge in [-0.1, -0.05) is 12.8 Å². The fourth-order valence-electron chi connectivity index (χ4n) is 4.58. The Labute approximate surface area is 139 Å². The van der Waals surface area contributed by atoms with Gasteiger partial charge in [0.25, 0.3) is 0 Å². The van der Waals surface area contributed by atoms with Crippen molar-refractivity contribution in [1.82, 2.24) is 14.7 Å². The minimum Gasteiger partial charge on any atom is -0.319 e. The lowest BCUT2D eigenvalue weighted by atomic mass is 9.85. The van der Waals surface area contributed by atoms with Crippen LogP contribution in [0.5, 0.6) is 0 Å². The third kappa shape index (κ3) is 2.86. The third-order valence-electron chi connectivity index (χ3n) is 5.63. The highest BCUT2D eigenvalue weighted by Gasteiger charge is 2.42. The average molecular weight is 318 g/mol. The summed E-state index contributed by atoms with van der Waals surface area (Å²) in [6.45, 7) is 10.4. The van der Waals surface area contributed by atoms with Crippen molar-refractivity contribution >= 4 is 11.7 Å². The lowest BCUT2D eigenvalue weighted by molar-refractivity contribution is 0.168. The molecule has 0 spiro atoms. The van der Waals surface area contributed by atoms with Crippen molar-refractivity contribution in [2.75, 3.05) is 5.32 Å². The highest BCUT2D eigenvalue weighted by atomic mass is 16.2. The Morgan fingerprint density at radius 1 is 1.26 bits per heavy atom. The molecular weight excluding hydrogens is 288 g/mol. The minimum atomic E-state index is 0.0569. The molecule has 1 aromatic rings. The second kappa shape index (κ2) is 6.17. The molecule has 2 amide bonds. The molecule has 1 saturated heterocycles. The van der Waals surface area contributed by atoms with Gasteiger partial charge in [0.15, 0.2) is 0 Å².